The number of aliphatic hydroxyl groups excluding tert-OH is 1. The van der Waals surface area contributed by atoms with E-state index in [4.69, 9.17) is 32.0 Å². The Hall–Kier alpha value is -2.19. The number of ether oxygens (including phenoxy) is 1. The summed E-state index contributed by atoms with van der Waals surface area (Å²) < 4.78 is 5.84. The maximum atomic E-state index is 10.1. The molecule has 1 spiro atoms. The van der Waals surface area contributed by atoms with Crippen molar-refractivity contribution >= 4 is 28.3 Å². The molecule has 4 heterocycles. The lowest BCUT2D eigenvalue weighted by molar-refractivity contribution is 0.0973. The number of hydrogen-bond donors (Lipinski definition) is 3. The minimum absolute atomic E-state index is 0.0384. The maximum Gasteiger partial charge on any atom is 0.153 e. The van der Waals surface area contributed by atoms with Crippen molar-refractivity contribution in [2.24, 2.45) is 11.1 Å². The Morgan fingerprint density at radius 1 is 1.29 bits per heavy atom. The van der Waals surface area contributed by atoms with Crippen LogP contribution in [0.15, 0.2) is 24.4 Å². The number of piperidine rings is 1. The molecule has 2 fully saturated rings. The Balaban J connectivity index is 1.46. The largest absolute Gasteiger partial charge is 0.390 e. The number of rotatable bonds is 3. The second-order valence-corrected chi connectivity index (χ2v) is 9.22. The lowest BCUT2D eigenvalue weighted by atomic mass is 9.73. The van der Waals surface area contributed by atoms with Crippen LogP contribution in [-0.4, -0.2) is 51.9 Å². The van der Waals surface area contributed by atoms with E-state index in [0.29, 0.717) is 16.4 Å². The summed E-state index contributed by atoms with van der Waals surface area (Å²) in [4.78, 5) is 15.1. The molecule has 0 bridgehead atoms. The van der Waals surface area contributed by atoms with Crippen LogP contribution in [0.1, 0.15) is 31.2 Å². The van der Waals surface area contributed by atoms with Crippen LogP contribution in [0, 0.1) is 12.3 Å². The molecule has 0 saturated carbocycles. The molecule has 5 rings (SSSR count). The average molecular weight is 442 g/mol. The second kappa shape index (κ2) is 7.74. The number of nitrogens with one attached hydrogen (secondary N) is 1. The number of halogens is 1. The summed E-state index contributed by atoms with van der Waals surface area (Å²) >= 11 is 6.67. The molecule has 31 heavy (non-hydrogen) atoms. The molecule has 2 aromatic heterocycles. The molecule has 2 atom stereocenters. The molecule has 164 valence electrons. The van der Waals surface area contributed by atoms with Gasteiger partial charge >= 0.3 is 0 Å². The van der Waals surface area contributed by atoms with Crippen molar-refractivity contribution in [3.05, 3.63) is 40.8 Å². The summed E-state index contributed by atoms with van der Waals surface area (Å²) in [5.74, 6) is 0.746. The number of aromatic amines is 1. The quantitative estimate of drug-likeness (QED) is 0.575. The molecular weight excluding hydrogens is 414 g/mol. The molecule has 4 N–H and O–H groups in total. The van der Waals surface area contributed by atoms with Crippen molar-refractivity contribution in [2.75, 3.05) is 24.6 Å². The number of H-pyrrole nitrogens is 1. The first-order valence-electron chi connectivity index (χ1n) is 10.8. The number of nitrogens with zero attached hydrogens (tertiary/aromatic N) is 3. The number of aromatic nitrogens is 3. The topological polar surface area (TPSA) is 100 Å². The van der Waals surface area contributed by atoms with Crippen molar-refractivity contribution in [3.8, 4) is 11.3 Å². The zero-order valence-electron chi connectivity index (χ0n) is 17.9. The van der Waals surface area contributed by atoms with Gasteiger partial charge in [0.05, 0.1) is 41.2 Å². The number of hydrogen-bond acceptors (Lipinski definition) is 6. The highest BCUT2D eigenvalue weighted by Crippen LogP contribution is 2.42. The van der Waals surface area contributed by atoms with E-state index < -0.39 is 0 Å². The minimum Gasteiger partial charge on any atom is -0.390 e. The normalized spacial score (nSPS) is 23.2. The van der Waals surface area contributed by atoms with Crippen molar-refractivity contribution in [1.82, 2.24) is 15.0 Å². The summed E-state index contributed by atoms with van der Waals surface area (Å²) in [5, 5.41) is 11.8. The zero-order valence-corrected chi connectivity index (χ0v) is 18.6. The van der Waals surface area contributed by atoms with Crippen LogP contribution in [0.25, 0.3) is 22.2 Å². The van der Waals surface area contributed by atoms with Crippen LogP contribution in [0.4, 0.5) is 5.82 Å². The Labute approximate surface area is 186 Å². The van der Waals surface area contributed by atoms with Gasteiger partial charge in [0.2, 0.25) is 0 Å². The first-order valence-corrected chi connectivity index (χ1v) is 11.2. The molecule has 3 aromatic rings. The van der Waals surface area contributed by atoms with Gasteiger partial charge in [0.25, 0.3) is 0 Å². The monoisotopic (exact) mass is 441 g/mol. The number of benzene rings is 1. The van der Waals surface area contributed by atoms with Crippen LogP contribution >= 0.6 is 11.6 Å². The van der Waals surface area contributed by atoms with Crippen LogP contribution in [0.2, 0.25) is 5.02 Å². The molecule has 1 aromatic carbocycles. The van der Waals surface area contributed by atoms with Gasteiger partial charge in [-0.2, -0.15) is 0 Å². The van der Waals surface area contributed by atoms with E-state index in [0.717, 1.165) is 60.5 Å². The van der Waals surface area contributed by atoms with Gasteiger partial charge in [-0.05, 0) is 32.8 Å². The van der Waals surface area contributed by atoms with Crippen molar-refractivity contribution in [2.45, 2.75) is 45.4 Å². The predicted octanol–water partition coefficient (Wildman–Crippen LogP) is 3.41. The van der Waals surface area contributed by atoms with E-state index in [-0.39, 0.29) is 24.2 Å². The van der Waals surface area contributed by atoms with Gasteiger partial charge in [-0.15, -0.1) is 0 Å². The smallest absolute Gasteiger partial charge is 0.153 e. The predicted molar refractivity (Wildman–Crippen MR) is 122 cm³/mol. The molecule has 2 aliphatic heterocycles. The molecule has 0 unspecified atom stereocenters. The molecular formula is C23H28ClN5O2. The Morgan fingerprint density at radius 2 is 2.06 bits per heavy atom. The third kappa shape index (κ3) is 3.31. The van der Waals surface area contributed by atoms with Crippen LogP contribution in [0.5, 0.6) is 0 Å². The third-order valence-corrected chi connectivity index (χ3v) is 7.49. The van der Waals surface area contributed by atoms with E-state index in [9.17, 15) is 5.11 Å². The fraction of sp³-hybridized carbons (Fsp3) is 0.478. The highest BCUT2D eigenvalue weighted by Gasteiger charge is 2.47. The Bertz CT molecular complexity index is 1120. The van der Waals surface area contributed by atoms with Gasteiger partial charge in [0.15, 0.2) is 5.82 Å². The summed E-state index contributed by atoms with van der Waals surface area (Å²) in [7, 11) is 0. The first kappa shape index (κ1) is 20.7. The van der Waals surface area contributed by atoms with E-state index in [2.05, 4.69) is 16.8 Å². The van der Waals surface area contributed by atoms with Gasteiger partial charge in [0.1, 0.15) is 5.69 Å². The molecule has 7 nitrogen and oxygen atoms in total. The fourth-order valence-corrected chi connectivity index (χ4v) is 5.38. The molecule has 0 amide bonds. The Kier molecular flexibility index (Phi) is 5.17. The summed E-state index contributed by atoms with van der Waals surface area (Å²) in [6, 6.07) is 6.02. The van der Waals surface area contributed by atoms with Crippen LogP contribution < -0.4 is 10.6 Å². The first-order chi connectivity index (χ1) is 14.9. The lowest BCUT2D eigenvalue weighted by Gasteiger charge is -2.42. The molecule has 2 aliphatic rings. The summed E-state index contributed by atoms with van der Waals surface area (Å²) in [6.07, 6.45) is 3.86. The summed E-state index contributed by atoms with van der Waals surface area (Å²) in [6.45, 7) is 6.17. The van der Waals surface area contributed by atoms with Crippen LogP contribution in [0.3, 0.4) is 0 Å². The summed E-state index contributed by atoms with van der Waals surface area (Å²) in [5.41, 5.74) is 10.2. The maximum absolute atomic E-state index is 10.1. The van der Waals surface area contributed by atoms with Crippen molar-refractivity contribution in [1.29, 1.82) is 0 Å². The van der Waals surface area contributed by atoms with Crippen molar-refractivity contribution in [3.63, 3.8) is 0 Å². The van der Waals surface area contributed by atoms with Crippen molar-refractivity contribution < 1.29 is 9.84 Å². The van der Waals surface area contributed by atoms with Gasteiger partial charge in [-0.1, -0.05) is 23.7 Å². The van der Waals surface area contributed by atoms with Gasteiger partial charge < -0.3 is 25.5 Å². The highest BCUT2D eigenvalue weighted by atomic mass is 35.5. The van der Waals surface area contributed by atoms with E-state index in [1.165, 1.54) is 0 Å². The lowest BCUT2D eigenvalue weighted by Crippen LogP contribution is -2.51. The molecule has 0 aliphatic carbocycles. The zero-order chi connectivity index (χ0) is 21.8. The number of fused-ring (bicyclic) bond motifs is 1. The fourth-order valence-electron chi connectivity index (χ4n) is 5.07. The SMILES string of the molecule is Cc1nc(N2CCC3(CC2)CO[C@@H](C)[C@H]3N)c(CO)nc1-c1ccc2cc[nH]c2c1Cl. The number of aryl methyl sites for hydroxylation is 1. The van der Waals surface area contributed by atoms with Gasteiger partial charge in [-0.3, -0.25) is 0 Å². The standard InChI is InChI=1S/C23H28ClN5O2/c1-13-19(16-4-3-15-5-8-26-20(15)18(16)24)28-17(11-30)22(27-13)29-9-6-23(7-10-29)12-31-14(2)21(23)25/h3-5,8,14,21,26,30H,6-7,9-12,25H2,1-2H3/t14-,21+/m0/s1. The number of nitrogens with two attached hydrogens (primary N) is 1. The molecule has 8 heteroatoms. The third-order valence-electron chi connectivity index (χ3n) is 7.10. The van der Waals surface area contributed by atoms with E-state index in [1.54, 1.807) is 0 Å². The highest BCUT2D eigenvalue weighted by molar-refractivity contribution is 6.37. The van der Waals surface area contributed by atoms with Gasteiger partial charge in [0, 0.05) is 41.7 Å². The van der Waals surface area contributed by atoms with Crippen LogP contribution in [-0.2, 0) is 11.3 Å². The number of aliphatic hydroxyl groups is 1. The second-order valence-electron chi connectivity index (χ2n) is 8.85. The number of anilines is 1. The molecule has 2 saturated heterocycles. The minimum atomic E-state index is -0.181. The molecule has 0 radical (unpaired) electrons. The van der Waals surface area contributed by atoms with Gasteiger partial charge in [-0.25, -0.2) is 9.97 Å². The van der Waals surface area contributed by atoms with E-state index in [1.807, 2.05) is 31.3 Å². The van der Waals surface area contributed by atoms with E-state index >= 15 is 0 Å². The Morgan fingerprint density at radius 3 is 2.74 bits per heavy atom. The average Bonchev–Trinajstić information content (AvgIpc) is 3.37.